The van der Waals surface area contributed by atoms with E-state index in [9.17, 15) is 4.57 Å². The molecule has 8 heteroatoms. The molecule has 2 atom stereocenters. The number of hydrogen-bond acceptors (Lipinski definition) is 6. The normalized spacial score (nSPS) is 16.1. The molecule has 7 nitrogen and oxygen atoms in total. The smallest absolute Gasteiger partial charge is 0.309 e. The van der Waals surface area contributed by atoms with E-state index in [-0.39, 0.29) is 6.23 Å². The van der Waals surface area contributed by atoms with Gasteiger partial charge in [0.1, 0.15) is 5.78 Å². The second-order valence-electron chi connectivity index (χ2n) is 8.33. The molecule has 0 saturated carbocycles. The molecule has 2 unspecified atom stereocenters. The van der Waals surface area contributed by atoms with E-state index in [1.54, 1.807) is 17.6 Å². The van der Waals surface area contributed by atoms with Crippen LogP contribution in [0.25, 0.3) is 0 Å². The Bertz CT molecular complexity index is 568. The standard InChI is InChI=1S/C18H36N3O4P/c1-10-23-26(22,24-11-2)16(17(4,5)6)21(18(7,8)9)25-15(3)20-13-12-19-14-20/h12-16H,10-11H2,1-9H3. The Morgan fingerprint density at radius 2 is 1.65 bits per heavy atom. The van der Waals surface area contributed by atoms with E-state index >= 15 is 0 Å². The van der Waals surface area contributed by atoms with Crippen LogP contribution in [0.15, 0.2) is 18.7 Å². The molecule has 0 aromatic carbocycles. The van der Waals surface area contributed by atoms with Crippen molar-refractivity contribution in [1.82, 2.24) is 14.6 Å². The lowest BCUT2D eigenvalue weighted by Crippen LogP contribution is -2.53. The molecule has 0 aliphatic rings. The maximum atomic E-state index is 13.7. The molecule has 1 aromatic rings. The Morgan fingerprint density at radius 3 is 2.00 bits per heavy atom. The zero-order valence-corrected chi connectivity index (χ0v) is 18.6. The summed E-state index contributed by atoms with van der Waals surface area (Å²) in [6.07, 6.45) is 4.91. The fraction of sp³-hybridized carbons (Fsp3) is 0.833. The van der Waals surface area contributed by atoms with Gasteiger partial charge in [-0.2, -0.15) is 5.06 Å². The number of hydrogen-bond donors (Lipinski definition) is 0. The fourth-order valence-corrected chi connectivity index (χ4v) is 5.46. The van der Waals surface area contributed by atoms with Crippen LogP contribution < -0.4 is 0 Å². The molecule has 0 radical (unpaired) electrons. The minimum absolute atomic E-state index is 0.304. The van der Waals surface area contributed by atoms with E-state index in [0.29, 0.717) is 13.2 Å². The maximum Gasteiger partial charge on any atom is 0.350 e. The van der Waals surface area contributed by atoms with Gasteiger partial charge >= 0.3 is 7.60 Å². The average Bonchev–Trinajstić information content (AvgIpc) is 2.98. The largest absolute Gasteiger partial charge is 0.350 e. The summed E-state index contributed by atoms with van der Waals surface area (Å²) in [6.45, 7) is 18.3. The van der Waals surface area contributed by atoms with Crippen LogP contribution in [0.1, 0.15) is 68.5 Å². The zero-order valence-electron chi connectivity index (χ0n) is 17.7. The van der Waals surface area contributed by atoms with Crippen LogP contribution in [0.5, 0.6) is 0 Å². The van der Waals surface area contributed by atoms with Gasteiger partial charge in [0.05, 0.1) is 19.5 Å². The highest BCUT2D eigenvalue weighted by Gasteiger charge is 2.51. The van der Waals surface area contributed by atoms with Crippen molar-refractivity contribution in [3.8, 4) is 0 Å². The van der Waals surface area contributed by atoms with Crippen molar-refractivity contribution in [2.45, 2.75) is 79.9 Å². The fourth-order valence-electron chi connectivity index (χ4n) is 2.78. The summed E-state index contributed by atoms with van der Waals surface area (Å²) >= 11 is 0. The van der Waals surface area contributed by atoms with Crippen LogP contribution in [0.3, 0.4) is 0 Å². The lowest BCUT2D eigenvalue weighted by atomic mass is 9.94. The molecule has 1 rings (SSSR count). The van der Waals surface area contributed by atoms with E-state index in [1.165, 1.54) is 0 Å². The minimum Gasteiger partial charge on any atom is -0.309 e. The first kappa shape index (κ1) is 23.3. The number of nitrogens with zero attached hydrogens (tertiary/aromatic N) is 3. The van der Waals surface area contributed by atoms with Crippen molar-refractivity contribution in [2.75, 3.05) is 13.2 Å². The first-order valence-corrected chi connectivity index (χ1v) is 10.8. The Kier molecular flexibility index (Phi) is 8.05. The lowest BCUT2D eigenvalue weighted by Gasteiger charge is -2.48. The number of rotatable bonds is 9. The lowest BCUT2D eigenvalue weighted by molar-refractivity contribution is -0.280. The SMILES string of the molecule is CCOP(=O)(OCC)C(N(OC(C)n1ccnc1)C(C)(C)C)C(C)(C)C. The first-order valence-electron chi connectivity index (χ1n) is 9.19. The Balaban J connectivity index is 3.36. The molecule has 0 spiro atoms. The summed E-state index contributed by atoms with van der Waals surface area (Å²) in [7, 11) is -3.46. The molecule has 0 aliphatic heterocycles. The second kappa shape index (κ2) is 8.98. The van der Waals surface area contributed by atoms with Gasteiger partial charge in [0.2, 0.25) is 0 Å². The van der Waals surface area contributed by atoms with Crippen molar-refractivity contribution < 1.29 is 18.5 Å². The van der Waals surface area contributed by atoms with E-state index in [2.05, 4.69) is 4.98 Å². The third kappa shape index (κ3) is 5.89. The van der Waals surface area contributed by atoms with E-state index < -0.39 is 24.3 Å². The zero-order chi connectivity index (χ0) is 20.2. The third-order valence-electron chi connectivity index (χ3n) is 3.79. The average molecular weight is 389 g/mol. The van der Waals surface area contributed by atoms with E-state index in [1.807, 2.05) is 73.1 Å². The van der Waals surface area contributed by atoms with Gasteiger partial charge in [-0.15, -0.1) is 0 Å². The summed E-state index contributed by atoms with van der Waals surface area (Å²) in [5.74, 6) is -0.583. The van der Waals surface area contributed by atoms with E-state index in [4.69, 9.17) is 13.9 Å². The molecule has 152 valence electrons. The van der Waals surface area contributed by atoms with Crippen LogP contribution >= 0.6 is 7.60 Å². The van der Waals surface area contributed by atoms with Crippen LogP contribution in [0.2, 0.25) is 0 Å². The third-order valence-corrected chi connectivity index (χ3v) is 6.61. The molecular weight excluding hydrogens is 353 g/mol. The monoisotopic (exact) mass is 389 g/mol. The molecule has 0 saturated heterocycles. The van der Waals surface area contributed by atoms with Gasteiger partial charge in [0.15, 0.2) is 6.23 Å². The molecule has 26 heavy (non-hydrogen) atoms. The maximum absolute atomic E-state index is 13.7. The Hall–Kier alpha value is -0.720. The number of imidazole rings is 1. The summed E-state index contributed by atoms with van der Waals surface area (Å²) in [6, 6.07) is 0. The second-order valence-corrected chi connectivity index (χ2v) is 10.4. The molecule has 0 bridgehead atoms. The van der Waals surface area contributed by atoms with Gasteiger partial charge in [0, 0.05) is 17.9 Å². The summed E-state index contributed by atoms with van der Waals surface area (Å²) in [4.78, 5) is 10.4. The van der Waals surface area contributed by atoms with Gasteiger partial charge in [-0.25, -0.2) is 4.98 Å². The predicted molar refractivity (Wildman–Crippen MR) is 104 cm³/mol. The van der Waals surface area contributed by atoms with Crippen molar-refractivity contribution in [1.29, 1.82) is 0 Å². The quantitative estimate of drug-likeness (QED) is 0.434. The van der Waals surface area contributed by atoms with Gasteiger partial charge in [-0.3, -0.25) is 9.40 Å². The molecule has 1 heterocycles. The first-order chi connectivity index (χ1) is 11.9. The number of aromatic nitrogens is 2. The molecule has 0 fully saturated rings. The van der Waals surface area contributed by atoms with Crippen LogP contribution in [-0.4, -0.2) is 39.1 Å². The van der Waals surface area contributed by atoms with Crippen LogP contribution in [0.4, 0.5) is 0 Å². The summed E-state index contributed by atoms with van der Waals surface area (Å²) in [5.41, 5.74) is -0.849. The summed E-state index contributed by atoms with van der Waals surface area (Å²) in [5, 5.41) is 1.78. The highest BCUT2D eigenvalue weighted by molar-refractivity contribution is 7.54. The van der Waals surface area contributed by atoms with Gasteiger partial charge in [-0.05, 0) is 47.0 Å². The minimum atomic E-state index is -3.46. The van der Waals surface area contributed by atoms with Crippen molar-refractivity contribution in [3.05, 3.63) is 18.7 Å². The highest BCUT2D eigenvalue weighted by Crippen LogP contribution is 2.61. The summed E-state index contributed by atoms with van der Waals surface area (Å²) < 4.78 is 27.0. The van der Waals surface area contributed by atoms with Gasteiger partial charge in [-0.1, -0.05) is 20.8 Å². The highest BCUT2D eigenvalue weighted by atomic mass is 31.2. The predicted octanol–water partition coefficient (Wildman–Crippen LogP) is 5.07. The molecule has 0 aliphatic carbocycles. The van der Waals surface area contributed by atoms with Crippen molar-refractivity contribution in [2.24, 2.45) is 5.41 Å². The topological polar surface area (TPSA) is 65.8 Å². The van der Waals surface area contributed by atoms with E-state index in [0.717, 1.165) is 0 Å². The molecular formula is C18H36N3O4P. The molecule has 0 amide bonds. The van der Waals surface area contributed by atoms with Gasteiger partial charge in [0.25, 0.3) is 0 Å². The Labute approximate surface area is 158 Å². The van der Waals surface area contributed by atoms with Crippen molar-refractivity contribution >= 4 is 7.60 Å². The Morgan fingerprint density at radius 1 is 1.12 bits per heavy atom. The molecule has 0 N–H and O–H groups in total. The van der Waals surface area contributed by atoms with Crippen LogP contribution in [0, 0.1) is 5.41 Å². The van der Waals surface area contributed by atoms with Gasteiger partial charge < -0.3 is 13.6 Å². The molecule has 1 aromatic heterocycles. The van der Waals surface area contributed by atoms with Crippen LogP contribution in [-0.2, 0) is 18.5 Å². The van der Waals surface area contributed by atoms with Crippen molar-refractivity contribution in [3.63, 3.8) is 0 Å². The number of hydroxylamine groups is 2.